The van der Waals surface area contributed by atoms with E-state index in [0.717, 1.165) is 25.7 Å². The fraction of sp³-hybridized carbons (Fsp3) is 0.208. The van der Waals surface area contributed by atoms with E-state index >= 15 is 0 Å². The number of rotatable bonds is 6. The van der Waals surface area contributed by atoms with Gasteiger partial charge in [-0.25, -0.2) is 0 Å². The lowest BCUT2D eigenvalue weighted by molar-refractivity contribution is 0.484. The summed E-state index contributed by atoms with van der Waals surface area (Å²) in [5.41, 5.74) is 17.2. The van der Waals surface area contributed by atoms with Crippen molar-refractivity contribution in [3.05, 3.63) is 156 Å². The highest BCUT2D eigenvalue weighted by Gasteiger charge is 2.47. The summed E-state index contributed by atoms with van der Waals surface area (Å²) >= 11 is 0. The van der Waals surface area contributed by atoms with Crippen LogP contribution in [0.4, 0.5) is 0 Å². The van der Waals surface area contributed by atoms with Crippen LogP contribution in [-0.4, -0.2) is 0 Å². The van der Waals surface area contributed by atoms with Gasteiger partial charge in [0.25, 0.3) is 0 Å². The van der Waals surface area contributed by atoms with E-state index in [4.69, 9.17) is 0 Å². The third-order valence-electron chi connectivity index (χ3n) is 12.4. The topological polar surface area (TPSA) is 0 Å². The Balaban J connectivity index is 1.38. The zero-order valence-electron chi connectivity index (χ0n) is 28.5. The molecule has 2 aliphatic rings. The van der Waals surface area contributed by atoms with Crippen LogP contribution >= 0.6 is 0 Å². The molecule has 0 saturated heterocycles. The minimum absolute atomic E-state index is 0.0121. The van der Waals surface area contributed by atoms with Gasteiger partial charge in [0.15, 0.2) is 0 Å². The maximum atomic E-state index is 2.57. The van der Waals surface area contributed by atoms with Crippen molar-refractivity contribution in [3.8, 4) is 44.5 Å². The lowest BCUT2D eigenvalue weighted by Gasteiger charge is -2.32. The van der Waals surface area contributed by atoms with Gasteiger partial charge in [0, 0.05) is 10.8 Å². The van der Waals surface area contributed by atoms with Crippen molar-refractivity contribution in [1.29, 1.82) is 0 Å². The summed E-state index contributed by atoms with van der Waals surface area (Å²) < 4.78 is 0. The van der Waals surface area contributed by atoms with Crippen LogP contribution < -0.4 is 0 Å². The molecule has 0 amide bonds. The molecule has 0 aliphatic heterocycles. The van der Waals surface area contributed by atoms with Crippen LogP contribution in [-0.2, 0) is 10.8 Å². The molecule has 0 unspecified atom stereocenters. The standard InChI is InChI=1S/C48H42/c1-5-47(6-2)39-25-17-16-24-37(39)45-41(47)28-29-42-46(45)38-30-32(26-27-40(38)48(42,7-3)8-4)44-35-22-14-12-20-33(35)43(31-18-10-9-11-19-31)34-21-13-15-23-36(34)44/h9-30H,5-8H2,1-4H3. The van der Waals surface area contributed by atoms with Gasteiger partial charge in [-0.2, -0.15) is 0 Å². The normalized spacial score (nSPS) is 14.9. The van der Waals surface area contributed by atoms with E-state index in [0.29, 0.717) is 0 Å². The number of benzene rings is 7. The van der Waals surface area contributed by atoms with Crippen LogP contribution in [0.3, 0.4) is 0 Å². The van der Waals surface area contributed by atoms with Crippen molar-refractivity contribution in [2.75, 3.05) is 0 Å². The van der Waals surface area contributed by atoms with Gasteiger partial charge in [-0.15, -0.1) is 0 Å². The number of hydrogen-bond donors (Lipinski definition) is 0. The van der Waals surface area contributed by atoms with Crippen molar-refractivity contribution in [2.45, 2.75) is 64.2 Å². The van der Waals surface area contributed by atoms with Crippen molar-refractivity contribution in [1.82, 2.24) is 0 Å². The first-order chi connectivity index (χ1) is 23.6. The summed E-state index contributed by atoms with van der Waals surface area (Å²) in [5, 5.41) is 5.23. The summed E-state index contributed by atoms with van der Waals surface area (Å²) in [6.45, 7) is 9.55. The average Bonchev–Trinajstić information content (AvgIpc) is 3.60. The minimum Gasteiger partial charge on any atom is -0.0642 e. The van der Waals surface area contributed by atoms with Gasteiger partial charge in [0.05, 0.1) is 0 Å². The molecular weight excluding hydrogens is 577 g/mol. The summed E-state index contributed by atoms with van der Waals surface area (Å²) in [5.74, 6) is 0. The highest BCUT2D eigenvalue weighted by molar-refractivity contribution is 6.21. The highest BCUT2D eigenvalue weighted by Crippen LogP contribution is 2.62. The van der Waals surface area contributed by atoms with Crippen LogP contribution in [0.25, 0.3) is 66.1 Å². The van der Waals surface area contributed by atoms with Crippen molar-refractivity contribution < 1.29 is 0 Å². The average molecular weight is 619 g/mol. The van der Waals surface area contributed by atoms with E-state index < -0.39 is 0 Å². The fourth-order valence-electron chi connectivity index (χ4n) is 10.1. The molecule has 0 spiro atoms. The predicted molar refractivity (Wildman–Crippen MR) is 206 cm³/mol. The first-order valence-electron chi connectivity index (χ1n) is 18.0. The zero-order chi connectivity index (χ0) is 32.6. The van der Waals surface area contributed by atoms with Gasteiger partial charge in [-0.3, -0.25) is 0 Å². The Labute approximate surface area is 285 Å². The first-order valence-corrected chi connectivity index (χ1v) is 18.0. The molecule has 0 heteroatoms. The summed E-state index contributed by atoms with van der Waals surface area (Å²) in [6, 6.07) is 50.8. The summed E-state index contributed by atoms with van der Waals surface area (Å²) in [7, 11) is 0. The Morgan fingerprint density at radius 2 is 0.750 bits per heavy atom. The molecule has 48 heavy (non-hydrogen) atoms. The SMILES string of the molecule is CCC1(CC)c2ccccc2-c2c1ccc1c2-c2cc(-c3c4ccccc4c(-c4ccccc4)c4ccccc34)ccc2C1(CC)CC. The Bertz CT molecular complexity index is 2320. The maximum Gasteiger partial charge on any atom is 0.0210 e. The quantitative estimate of drug-likeness (QED) is 0.163. The Morgan fingerprint density at radius 3 is 1.29 bits per heavy atom. The zero-order valence-corrected chi connectivity index (χ0v) is 28.5. The maximum absolute atomic E-state index is 2.57. The molecule has 7 aromatic carbocycles. The van der Waals surface area contributed by atoms with E-state index in [2.05, 4.69) is 161 Å². The second-order valence-electron chi connectivity index (χ2n) is 14.0. The molecule has 9 rings (SSSR count). The molecule has 0 saturated carbocycles. The molecule has 0 atom stereocenters. The molecule has 0 fully saturated rings. The van der Waals surface area contributed by atoms with E-state index in [1.54, 1.807) is 0 Å². The molecular formula is C48H42. The molecule has 0 nitrogen and oxygen atoms in total. The molecule has 7 aromatic rings. The second-order valence-corrected chi connectivity index (χ2v) is 14.0. The third-order valence-corrected chi connectivity index (χ3v) is 12.4. The van der Waals surface area contributed by atoms with Crippen molar-refractivity contribution >= 4 is 21.5 Å². The van der Waals surface area contributed by atoms with E-state index in [-0.39, 0.29) is 10.8 Å². The first kappa shape index (κ1) is 29.2. The van der Waals surface area contributed by atoms with E-state index in [9.17, 15) is 0 Å². The second kappa shape index (κ2) is 10.8. The monoisotopic (exact) mass is 618 g/mol. The lowest BCUT2D eigenvalue weighted by Crippen LogP contribution is -2.24. The largest absolute Gasteiger partial charge is 0.0642 e. The van der Waals surface area contributed by atoms with Crippen molar-refractivity contribution in [2.24, 2.45) is 0 Å². The van der Waals surface area contributed by atoms with Gasteiger partial charge < -0.3 is 0 Å². The van der Waals surface area contributed by atoms with Crippen LogP contribution in [0.5, 0.6) is 0 Å². The van der Waals surface area contributed by atoms with Crippen LogP contribution in [0.1, 0.15) is 75.6 Å². The molecule has 2 aliphatic carbocycles. The number of hydrogen-bond acceptors (Lipinski definition) is 0. The van der Waals surface area contributed by atoms with Gasteiger partial charge >= 0.3 is 0 Å². The van der Waals surface area contributed by atoms with Gasteiger partial charge in [-0.1, -0.05) is 155 Å². The fourth-order valence-corrected chi connectivity index (χ4v) is 10.1. The van der Waals surface area contributed by atoms with E-state index in [1.807, 2.05) is 0 Å². The predicted octanol–water partition coefficient (Wildman–Crippen LogP) is 13.5. The number of fused-ring (bicyclic) bond motifs is 9. The van der Waals surface area contributed by atoms with Crippen LogP contribution in [0.15, 0.2) is 133 Å². The van der Waals surface area contributed by atoms with Crippen molar-refractivity contribution in [3.63, 3.8) is 0 Å². The Morgan fingerprint density at radius 1 is 0.333 bits per heavy atom. The highest BCUT2D eigenvalue weighted by atomic mass is 14.5. The van der Waals surface area contributed by atoms with Gasteiger partial charge in [0.2, 0.25) is 0 Å². The molecule has 0 aromatic heterocycles. The van der Waals surface area contributed by atoms with Crippen LogP contribution in [0.2, 0.25) is 0 Å². The minimum atomic E-state index is 0.0121. The van der Waals surface area contributed by atoms with Gasteiger partial charge in [-0.05, 0) is 120 Å². The van der Waals surface area contributed by atoms with E-state index in [1.165, 1.54) is 88.3 Å². The molecule has 0 radical (unpaired) electrons. The molecule has 0 heterocycles. The molecule has 0 bridgehead atoms. The lowest BCUT2D eigenvalue weighted by atomic mass is 9.71. The summed E-state index contributed by atoms with van der Waals surface area (Å²) in [4.78, 5) is 0. The Hall–Kier alpha value is -4.94. The van der Waals surface area contributed by atoms with Gasteiger partial charge in [0.1, 0.15) is 0 Å². The smallest absolute Gasteiger partial charge is 0.0210 e. The molecule has 234 valence electrons. The van der Waals surface area contributed by atoms with Crippen LogP contribution in [0, 0.1) is 0 Å². The Kier molecular flexibility index (Phi) is 6.57. The summed E-state index contributed by atoms with van der Waals surface area (Å²) in [6.07, 6.45) is 4.40. The molecule has 0 N–H and O–H groups in total. The third kappa shape index (κ3) is 3.67.